The summed E-state index contributed by atoms with van der Waals surface area (Å²) in [5, 5.41) is 0.119. The molecule has 1 fully saturated rings. The van der Waals surface area contributed by atoms with E-state index in [1.54, 1.807) is 0 Å². The first-order chi connectivity index (χ1) is 6.68. The van der Waals surface area contributed by atoms with Gasteiger partial charge in [-0.05, 0) is 41.5 Å². The molecule has 1 aliphatic rings. The van der Waals surface area contributed by atoms with Crippen LogP contribution in [0.2, 0.25) is 5.02 Å². The van der Waals surface area contributed by atoms with Gasteiger partial charge in [-0.2, -0.15) is 4.39 Å². The van der Waals surface area contributed by atoms with Crippen LogP contribution in [0.25, 0.3) is 0 Å². The first kappa shape index (κ1) is 10.4. The average Bonchev–Trinajstić information content (AvgIpc) is 2.66. The largest absolute Gasteiger partial charge is 0.356 e. The average molecular weight is 327 g/mol. The number of hydrogen-bond donors (Lipinski definition) is 0. The summed E-state index contributed by atoms with van der Waals surface area (Å²) in [7, 11) is 0. The lowest BCUT2D eigenvalue weighted by molar-refractivity contribution is 0.582. The first-order valence-electron chi connectivity index (χ1n) is 4.45. The van der Waals surface area contributed by atoms with Crippen LogP contribution < -0.4 is 4.90 Å². The maximum Gasteiger partial charge on any atom is 0.234 e. The predicted octanol–water partition coefficient (Wildman–Crippen LogP) is 3.08. The summed E-state index contributed by atoms with van der Waals surface area (Å²) in [6.45, 7) is 1.92. The second-order valence-corrected chi connectivity index (χ2v) is 4.80. The van der Waals surface area contributed by atoms with E-state index in [-0.39, 0.29) is 5.02 Å². The number of pyridine rings is 1. The molecule has 0 saturated carbocycles. The molecule has 1 aromatic rings. The van der Waals surface area contributed by atoms with Gasteiger partial charge in [-0.25, -0.2) is 4.98 Å². The van der Waals surface area contributed by atoms with E-state index in [9.17, 15) is 4.39 Å². The van der Waals surface area contributed by atoms with Crippen LogP contribution in [0.3, 0.4) is 0 Å². The summed E-state index contributed by atoms with van der Waals surface area (Å²) in [6.07, 6.45) is 2.31. The van der Waals surface area contributed by atoms with Gasteiger partial charge in [0.25, 0.3) is 0 Å². The molecule has 5 heteroatoms. The number of anilines is 1. The molecule has 76 valence electrons. The van der Waals surface area contributed by atoms with Crippen molar-refractivity contribution in [2.45, 2.75) is 12.8 Å². The fourth-order valence-electron chi connectivity index (χ4n) is 1.57. The number of hydrogen-bond acceptors (Lipinski definition) is 2. The van der Waals surface area contributed by atoms with Gasteiger partial charge in [0.15, 0.2) is 0 Å². The smallest absolute Gasteiger partial charge is 0.234 e. The summed E-state index contributed by atoms with van der Waals surface area (Å²) >= 11 is 7.72. The molecule has 0 amide bonds. The summed E-state index contributed by atoms with van der Waals surface area (Å²) in [5.74, 6) is 0.134. The Hall–Kier alpha value is -0.100. The molecule has 0 N–H and O–H groups in total. The quantitative estimate of drug-likeness (QED) is 0.582. The van der Waals surface area contributed by atoms with E-state index in [4.69, 9.17) is 11.6 Å². The Labute approximate surface area is 101 Å². The van der Waals surface area contributed by atoms with Crippen molar-refractivity contribution in [3.63, 3.8) is 0 Å². The Morgan fingerprint density at radius 1 is 1.43 bits per heavy atom. The zero-order valence-corrected chi connectivity index (χ0v) is 10.3. The Balaban J connectivity index is 2.34. The lowest BCUT2D eigenvalue weighted by Crippen LogP contribution is -2.19. The number of halogens is 3. The van der Waals surface area contributed by atoms with E-state index in [1.807, 2.05) is 28.7 Å². The molecule has 0 atom stereocenters. The van der Waals surface area contributed by atoms with Gasteiger partial charge < -0.3 is 4.90 Å². The summed E-state index contributed by atoms with van der Waals surface area (Å²) in [5.41, 5.74) is 0. The van der Waals surface area contributed by atoms with Crippen LogP contribution in [0, 0.1) is 9.52 Å². The van der Waals surface area contributed by atoms with Gasteiger partial charge in [0.1, 0.15) is 10.8 Å². The summed E-state index contributed by atoms with van der Waals surface area (Å²) in [4.78, 5) is 5.92. The van der Waals surface area contributed by atoms with Crippen LogP contribution >= 0.6 is 34.2 Å². The topological polar surface area (TPSA) is 16.1 Å². The van der Waals surface area contributed by atoms with Gasteiger partial charge in [0.05, 0.1) is 0 Å². The molecule has 0 bridgehead atoms. The van der Waals surface area contributed by atoms with Crippen LogP contribution in [-0.2, 0) is 0 Å². The zero-order chi connectivity index (χ0) is 10.1. The lowest BCUT2D eigenvalue weighted by Gasteiger charge is -2.16. The third kappa shape index (κ3) is 1.95. The second kappa shape index (κ2) is 4.18. The molecule has 2 rings (SSSR count). The van der Waals surface area contributed by atoms with E-state index < -0.39 is 5.95 Å². The molecule has 0 aliphatic carbocycles. The summed E-state index contributed by atoms with van der Waals surface area (Å²) < 4.78 is 13.9. The van der Waals surface area contributed by atoms with E-state index in [2.05, 4.69) is 9.88 Å². The van der Waals surface area contributed by atoms with Crippen LogP contribution in [0.1, 0.15) is 12.8 Å². The molecule has 1 aliphatic heterocycles. The molecule has 1 aromatic heterocycles. The normalized spacial score (nSPS) is 16.4. The standard InChI is InChI=1S/C9H9ClFIN2/c10-8-6(12)5-7(13-9(8)11)14-3-1-2-4-14/h5H,1-4H2. The SMILES string of the molecule is Fc1nc(N2CCCC2)cc(I)c1Cl. The van der Waals surface area contributed by atoms with Crippen molar-refractivity contribution in [3.05, 3.63) is 20.6 Å². The van der Waals surface area contributed by atoms with Gasteiger partial charge in [-0.1, -0.05) is 11.6 Å². The molecule has 0 aromatic carbocycles. The van der Waals surface area contributed by atoms with Crippen molar-refractivity contribution in [2.75, 3.05) is 18.0 Å². The molecule has 0 unspecified atom stereocenters. The van der Waals surface area contributed by atoms with Crippen molar-refractivity contribution in [1.29, 1.82) is 0 Å². The predicted molar refractivity (Wildman–Crippen MR) is 63.4 cm³/mol. The Bertz CT molecular complexity index is 330. The monoisotopic (exact) mass is 326 g/mol. The number of aromatic nitrogens is 1. The Morgan fingerprint density at radius 3 is 2.64 bits per heavy atom. The Morgan fingerprint density at radius 2 is 2.07 bits per heavy atom. The van der Waals surface area contributed by atoms with Gasteiger partial charge >= 0.3 is 0 Å². The van der Waals surface area contributed by atoms with Gasteiger partial charge in [-0.15, -0.1) is 0 Å². The molecule has 0 radical (unpaired) electrons. The lowest BCUT2D eigenvalue weighted by atomic mass is 10.4. The minimum Gasteiger partial charge on any atom is -0.356 e. The first-order valence-corrected chi connectivity index (χ1v) is 5.90. The third-order valence-corrected chi connectivity index (χ3v) is 3.82. The maximum absolute atomic E-state index is 13.2. The molecular weight excluding hydrogens is 317 g/mol. The highest BCUT2D eigenvalue weighted by Gasteiger charge is 2.16. The van der Waals surface area contributed by atoms with Crippen molar-refractivity contribution in [1.82, 2.24) is 4.98 Å². The van der Waals surface area contributed by atoms with Crippen LogP contribution in [-0.4, -0.2) is 18.1 Å². The zero-order valence-electron chi connectivity index (χ0n) is 7.43. The molecule has 1 saturated heterocycles. The van der Waals surface area contributed by atoms with Crippen molar-refractivity contribution < 1.29 is 4.39 Å². The van der Waals surface area contributed by atoms with Crippen LogP contribution in [0.4, 0.5) is 10.2 Å². The van der Waals surface area contributed by atoms with E-state index >= 15 is 0 Å². The van der Waals surface area contributed by atoms with Crippen molar-refractivity contribution in [2.24, 2.45) is 0 Å². The summed E-state index contributed by atoms with van der Waals surface area (Å²) in [6, 6.07) is 1.83. The highest BCUT2D eigenvalue weighted by Crippen LogP contribution is 2.26. The van der Waals surface area contributed by atoms with E-state index in [0.717, 1.165) is 29.5 Å². The third-order valence-electron chi connectivity index (χ3n) is 2.29. The molecule has 2 heterocycles. The fourth-order valence-corrected chi connectivity index (χ4v) is 2.16. The van der Waals surface area contributed by atoms with Gasteiger partial charge in [0, 0.05) is 16.7 Å². The Kier molecular flexibility index (Phi) is 3.11. The highest BCUT2D eigenvalue weighted by atomic mass is 127. The molecule has 14 heavy (non-hydrogen) atoms. The molecule has 2 nitrogen and oxygen atoms in total. The number of nitrogens with zero attached hydrogens (tertiary/aromatic N) is 2. The fraction of sp³-hybridized carbons (Fsp3) is 0.444. The second-order valence-electron chi connectivity index (χ2n) is 3.26. The van der Waals surface area contributed by atoms with E-state index in [1.165, 1.54) is 0 Å². The van der Waals surface area contributed by atoms with Crippen LogP contribution in [0.15, 0.2) is 6.07 Å². The van der Waals surface area contributed by atoms with Gasteiger partial charge in [0.2, 0.25) is 5.95 Å². The highest BCUT2D eigenvalue weighted by molar-refractivity contribution is 14.1. The van der Waals surface area contributed by atoms with Crippen LogP contribution in [0.5, 0.6) is 0 Å². The van der Waals surface area contributed by atoms with Gasteiger partial charge in [-0.3, -0.25) is 0 Å². The molecule has 0 spiro atoms. The minimum atomic E-state index is -0.569. The maximum atomic E-state index is 13.2. The molecular formula is C9H9ClFIN2. The minimum absolute atomic E-state index is 0.119. The van der Waals surface area contributed by atoms with Crippen molar-refractivity contribution in [3.8, 4) is 0 Å². The van der Waals surface area contributed by atoms with Crippen molar-refractivity contribution >= 4 is 40.0 Å². The van der Waals surface area contributed by atoms with E-state index in [0.29, 0.717) is 5.82 Å². The number of rotatable bonds is 1.